The monoisotopic (exact) mass is 404 g/mol. The molecule has 0 aliphatic carbocycles. The van der Waals surface area contributed by atoms with Crippen molar-refractivity contribution < 1.29 is 24.1 Å². The van der Waals surface area contributed by atoms with E-state index in [1.165, 1.54) is 0 Å². The summed E-state index contributed by atoms with van der Waals surface area (Å²) in [7, 11) is 0. The minimum atomic E-state index is -0.539. The first-order chi connectivity index (χ1) is 14.1. The highest BCUT2D eigenvalue weighted by Gasteiger charge is 2.40. The van der Waals surface area contributed by atoms with E-state index in [1.807, 2.05) is 52.0 Å². The maximum atomic E-state index is 13.3. The molecule has 0 saturated heterocycles. The summed E-state index contributed by atoms with van der Waals surface area (Å²) in [6.07, 6.45) is 7.65. The van der Waals surface area contributed by atoms with Crippen molar-refractivity contribution >= 4 is 17.9 Å². The largest absolute Gasteiger partial charge is 0.508 e. The molecule has 5 rings (SSSR count). The van der Waals surface area contributed by atoms with Crippen LogP contribution in [0.1, 0.15) is 67.3 Å². The van der Waals surface area contributed by atoms with Gasteiger partial charge in [0, 0.05) is 0 Å². The number of hydrogen-bond acceptors (Lipinski definition) is 5. The highest BCUT2D eigenvalue weighted by atomic mass is 16.5. The standard InChI is InChI=1S/C25H24O5/c1-24(2)11-9-16-21(29-24)17-10-12-25(3,4)30-23(17)20-18(27)13-19(28-22(16)20)14-5-7-15(26)8-6-14/h5-12,19,26H,13H2,1-4H3/t19-/m1/s1. The van der Waals surface area contributed by atoms with Gasteiger partial charge in [0.05, 0.1) is 17.5 Å². The summed E-state index contributed by atoms with van der Waals surface area (Å²) in [5.41, 5.74) is 1.83. The van der Waals surface area contributed by atoms with Crippen molar-refractivity contribution in [1.29, 1.82) is 0 Å². The number of carbonyl (C=O) groups is 1. The Labute approximate surface area is 175 Å². The number of fused-ring (bicyclic) bond motifs is 6. The topological polar surface area (TPSA) is 65.0 Å². The number of ketones is 1. The van der Waals surface area contributed by atoms with E-state index in [0.717, 1.165) is 16.7 Å². The van der Waals surface area contributed by atoms with Crippen LogP contribution in [0.3, 0.4) is 0 Å². The number of aromatic hydroxyl groups is 1. The first-order valence-corrected chi connectivity index (χ1v) is 10.1. The molecule has 3 aliphatic rings. The van der Waals surface area contributed by atoms with Crippen LogP contribution >= 0.6 is 0 Å². The number of benzene rings is 2. The van der Waals surface area contributed by atoms with Gasteiger partial charge in [-0.3, -0.25) is 4.79 Å². The lowest BCUT2D eigenvalue weighted by Crippen LogP contribution is -2.33. The van der Waals surface area contributed by atoms with E-state index in [0.29, 0.717) is 22.8 Å². The van der Waals surface area contributed by atoms with Gasteiger partial charge in [-0.05, 0) is 69.7 Å². The molecule has 5 nitrogen and oxygen atoms in total. The van der Waals surface area contributed by atoms with E-state index >= 15 is 0 Å². The van der Waals surface area contributed by atoms with Gasteiger partial charge in [-0.2, -0.15) is 0 Å². The molecule has 154 valence electrons. The van der Waals surface area contributed by atoms with Crippen LogP contribution in [-0.4, -0.2) is 22.1 Å². The molecule has 5 heteroatoms. The van der Waals surface area contributed by atoms with E-state index in [9.17, 15) is 9.90 Å². The zero-order valence-electron chi connectivity index (χ0n) is 17.5. The molecule has 0 radical (unpaired) electrons. The van der Waals surface area contributed by atoms with Gasteiger partial charge in [0.15, 0.2) is 5.78 Å². The Morgan fingerprint density at radius 3 is 2.07 bits per heavy atom. The third-order valence-corrected chi connectivity index (χ3v) is 5.64. The highest BCUT2D eigenvalue weighted by molar-refractivity contribution is 6.06. The van der Waals surface area contributed by atoms with Crippen molar-refractivity contribution in [3.8, 4) is 23.0 Å². The maximum absolute atomic E-state index is 13.3. The van der Waals surface area contributed by atoms with Crippen molar-refractivity contribution in [2.24, 2.45) is 0 Å². The Bertz CT molecular complexity index is 1120. The van der Waals surface area contributed by atoms with Crippen LogP contribution in [-0.2, 0) is 0 Å². The smallest absolute Gasteiger partial charge is 0.174 e. The molecular formula is C25H24O5. The molecule has 30 heavy (non-hydrogen) atoms. The summed E-state index contributed by atoms with van der Waals surface area (Å²) >= 11 is 0. The molecule has 0 amide bonds. The Kier molecular flexibility index (Phi) is 3.85. The van der Waals surface area contributed by atoms with Gasteiger partial charge in [-0.25, -0.2) is 0 Å². The number of ether oxygens (including phenoxy) is 3. The molecule has 0 spiro atoms. The maximum Gasteiger partial charge on any atom is 0.174 e. The third-order valence-electron chi connectivity index (χ3n) is 5.64. The fraction of sp³-hybridized carbons (Fsp3) is 0.320. The summed E-state index contributed by atoms with van der Waals surface area (Å²) < 4.78 is 18.9. The van der Waals surface area contributed by atoms with Gasteiger partial charge in [0.2, 0.25) is 0 Å². The molecular weight excluding hydrogens is 380 g/mol. The van der Waals surface area contributed by atoms with Crippen LogP contribution in [0.4, 0.5) is 0 Å². The number of phenols is 1. The lowest BCUT2D eigenvalue weighted by atomic mass is 9.87. The second kappa shape index (κ2) is 6.14. The zero-order valence-corrected chi connectivity index (χ0v) is 17.5. The predicted molar refractivity (Wildman–Crippen MR) is 114 cm³/mol. The molecule has 1 atom stereocenters. The van der Waals surface area contributed by atoms with Crippen LogP contribution in [0.15, 0.2) is 36.4 Å². The minimum absolute atomic E-state index is 0.0299. The number of hydrogen-bond donors (Lipinski definition) is 1. The lowest BCUT2D eigenvalue weighted by Gasteiger charge is -2.37. The highest BCUT2D eigenvalue weighted by Crippen LogP contribution is 2.53. The number of Topliss-reactive ketones (excluding diaryl/α,β-unsaturated/α-hetero) is 1. The Balaban J connectivity index is 1.71. The molecule has 0 saturated carbocycles. The summed E-state index contributed by atoms with van der Waals surface area (Å²) in [6, 6.07) is 6.76. The molecule has 2 aromatic rings. The van der Waals surface area contributed by atoms with Crippen molar-refractivity contribution in [3.63, 3.8) is 0 Å². The van der Waals surface area contributed by atoms with Gasteiger partial charge in [-0.1, -0.05) is 12.1 Å². The van der Waals surface area contributed by atoms with Crippen LogP contribution < -0.4 is 14.2 Å². The number of rotatable bonds is 1. The minimum Gasteiger partial charge on any atom is -0.508 e. The van der Waals surface area contributed by atoms with Gasteiger partial charge >= 0.3 is 0 Å². The normalized spacial score (nSPS) is 22.1. The molecule has 3 heterocycles. The molecule has 0 unspecified atom stereocenters. The first-order valence-electron chi connectivity index (χ1n) is 10.1. The molecule has 0 fully saturated rings. The fourth-order valence-corrected chi connectivity index (χ4v) is 4.11. The van der Waals surface area contributed by atoms with Crippen molar-refractivity contribution in [3.05, 3.63) is 58.7 Å². The number of carbonyl (C=O) groups excluding carboxylic acids is 1. The predicted octanol–water partition coefficient (Wildman–Crippen LogP) is 5.47. The SMILES string of the molecule is CC1(C)C=Cc2c(c3c(c4c2O[C@@H](c2ccc(O)cc2)CC4=O)OC(C)(C)C=C3)O1. The van der Waals surface area contributed by atoms with E-state index in [4.69, 9.17) is 14.2 Å². The third kappa shape index (κ3) is 2.96. The lowest BCUT2D eigenvalue weighted by molar-refractivity contribution is 0.0823. The van der Waals surface area contributed by atoms with Crippen LogP contribution in [0.25, 0.3) is 12.2 Å². The zero-order chi connectivity index (χ0) is 21.3. The van der Waals surface area contributed by atoms with Crippen molar-refractivity contribution in [2.45, 2.75) is 51.4 Å². The van der Waals surface area contributed by atoms with Gasteiger partial charge in [0.25, 0.3) is 0 Å². The Morgan fingerprint density at radius 1 is 0.867 bits per heavy atom. The van der Waals surface area contributed by atoms with Crippen LogP contribution in [0.5, 0.6) is 23.0 Å². The first kappa shape index (κ1) is 18.8. The summed E-state index contributed by atoms with van der Waals surface area (Å²) in [6.45, 7) is 7.88. The molecule has 0 bridgehead atoms. The molecule has 1 N–H and O–H groups in total. The quantitative estimate of drug-likeness (QED) is 0.683. The van der Waals surface area contributed by atoms with Gasteiger partial charge < -0.3 is 19.3 Å². The second-order valence-corrected chi connectivity index (χ2v) is 9.09. The van der Waals surface area contributed by atoms with E-state index < -0.39 is 17.3 Å². The summed E-state index contributed by atoms with van der Waals surface area (Å²) in [5, 5.41) is 9.60. The Morgan fingerprint density at radius 2 is 1.43 bits per heavy atom. The van der Waals surface area contributed by atoms with Crippen LogP contribution in [0, 0.1) is 0 Å². The van der Waals surface area contributed by atoms with Crippen molar-refractivity contribution in [2.75, 3.05) is 0 Å². The molecule has 3 aliphatic heterocycles. The van der Waals surface area contributed by atoms with E-state index in [2.05, 4.69) is 0 Å². The fourth-order valence-electron chi connectivity index (χ4n) is 4.11. The van der Waals surface area contributed by atoms with Gasteiger partial charge in [0.1, 0.15) is 45.9 Å². The van der Waals surface area contributed by atoms with Crippen LogP contribution in [0.2, 0.25) is 0 Å². The number of phenolic OH excluding ortho intramolecular Hbond substituents is 1. The average Bonchev–Trinajstić information content (AvgIpc) is 2.66. The Hall–Kier alpha value is -3.21. The van der Waals surface area contributed by atoms with Crippen molar-refractivity contribution in [1.82, 2.24) is 0 Å². The average molecular weight is 404 g/mol. The van der Waals surface area contributed by atoms with E-state index in [-0.39, 0.29) is 18.0 Å². The van der Waals surface area contributed by atoms with E-state index in [1.54, 1.807) is 24.3 Å². The molecule has 0 aromatic heterocycles. The summed E-state index contributed by atoms with van der Waals surface area (Å²) in [5.74, 6) is 1.83. The second-order valence-electron chi connectivity index (χ2n) is 9.09. The van der Waals surface area contributed by atoms with Gasteiger partial charge in [-0.15, -0.1) is 0 Å². The molecule has 2 aromatic carbocycles. The summed E-state index contributed by atoms with van der Waals surface area (Å²) in [4.78, 5) is 13.3.